The van der Waals surface area contributed by atoms with Gasteiger partial charge in [-0.15, -0.1) is 11.6 Å². The van der Waals surface area contributed by atoms with Crippen molar-refractivity contribution in [2.45, 2.75) is 44.6 Å². The van der Waals surface area contributed by atoms with Gasteiger partial charge in [-0.05, 0) is 20.3 Å². The van der Waals surface area contributed by atoms with Crippen molar-refractivity contribution >= 4 is 11.6 Å². The molecule has 0 aliphatic rings. The normalized spacial score (nSPS) is 14.2. The highest BCUT2D eigenvalue weighted by molar-refractivity contribution is 6.20. The van der Waals surface area contributed by atoms with Gasteiger partial charge in [0.15, 0.2) is 5.82 Å². The van der Waals surface area contributed by atoms with E-state index in [2.05, 4.69) is 10.1 Å². The van der Waals surface area contributed by atoms with Gasteiger partial charge in [-0.3, -0.25) is 0 Å². The number of hydrogen-bond acceptors (Lipinski definition) is 4. The summed E-state index contributed by atoms with van der Waals surface area (Å²) in [6, 6.07) is 0. The molecule has 1 rings (SSSR count). The standard InChI is InChI=1S/C10H17ClN2O2/c1-5-7(11)9-12-8(15-13-9)6-10(2,3)14-4/h7H,5-6H2,1-4H3. The summed E-state index contributed by atoms with van der Waals surface area (Å²) in [4.78, 5) is 4.22. The molecule has 0 spiro atoms. The number of hydrogen-bond donors (Lipinski definition) is 0. The van der Waals surface area contributed by atoms with Crippen LogP contribution in [0.5, 0.6) is 0 Å². The van der Waals surface area contributed by atoms with Crippen LogP contribution in [0.1, 0.15) is 44.3 Å². The second kappa shape index (κ2) is 4.94. The minimum atomic E-state index is -0.294. The maximum absolute atomic E-state index is 5.99. The molecule has 1 unspecified atom stereocenters. The fraction of sp³-hybridized carbons (Fsp3) is 0.800. The number of ether oxygens (including phenoxy) is 1. The predicted molar refractivity (Wildman–Crippen MR) is 58.0 cm³/mol. The summed E-state index contributed by atoms with van der Waals surface area (Å²) >= 11 is 5.99. The summed E-state index contributed by atoms with van der Waals surface area (Å²) in [6.07, 6.45) is 1.37. The van der Waals surface area contributed by atoms with Crippen LogP contribution in [0.25, 0.3) is 0 Å². The molecule has 5 heteroatoms. The third-order valence-electron chi connectivity index (χ3n) is 2.25. The summed E-state index contributed by atoms with van der Waals surface area (Å²) in [7, 11) is 1.66. The van der Waals surface area contributed by atoms with Crippen molar-refractivity contribution in [3.8, 4) is 0 Å². The number of alkyl halides is 1. The van der Waals surface area contributed by atoms with Crippen LogP contribution >= 0.6 is 11.6 Å². The van der Waals surface area contributed by atoms with Gasteiger partial charge in [-0.1, -0.05) is 12.1 Å². The van der Waals surface area contributed by atoms with E-state index in [0.29, 0.717) is 18.1 Å². The van der Waals surface area contributed by atoms with Gasteiger partial charge >= 0.3 is 0 Å². The van der Waals surface area contributed by atoms with Crippen molar-refractivity contribution in [2.75, 3.05) is 7.11 Å². The number of rotatable bonds is 5. The Morgan fingerprint density at radius 1 is 1.53 bits per heavy atom. The number of halogens is 1. The maximum Gasteiger partial charge on any atom is 0.229 e. The summed E-state index contributed by atoms with van der Waals surface area (Å²) in [5, 5.41) is 3.66. The van der Waals surface area contributed by atoms with Crippen LogP contribution in [-0.2, 0) is 11.2 Å². The van der Waals surface area contributed by atoms with E-state index in [9.17, 15) is 0 Å². The predicted octanol–water partition coefficient (Wildman–Crippen LogP) is 2.73. The summed E-state index contributed by atoms with van der Waals surface area (Å²) < 4.78 is 10.4. The Hall–Kier alpha value is -0.610. The van der Waals surface area contributed by atoms with Gasteiger partial charge < -0.3 is 9.26 Å². The largest absolute Gasteiger partial charge is 0.378 e. The van der Waals surface area contributed by atoms with Crippen molar-refractivity contribution in [1.82, 2.24) is 10.1 Å². The molecule has 0 aliphatic heterocycles. The van der Waals surface area contributed by atoms with Crippen LogP contribution in [0.3, 0.4) is 0 Å². The SMILES string of the molecule is CCC(Cl)c1noc(CC(C)(C)OC)n1. The van der Waals surface area contributed by atoms with Crippen molar-refractivity contribution in [2.24, 2.45) is 0 Å². The van der Waals surface area contributed by atoms with Crippen molar-refractivity contribution in [3.05, 3.63) is 11.7 Å². The second-order valence-electron chi connectivity index (χ2n) is 4.06. The van der Waals surface area contributed by atoms with Crippen molar-refractivity contribution in [3.63, 3.8) is 0 Å². The zero-order valence-electron chi connectivity index (χ0n) is 9.58. The molecule has 0 saturated heterocycles. The van der Waals surface area contributed by atoms with E-state index in [1.54, 1.807) is 7.11 Å². The van der Waals surface area contributed by atoms with Crippen LogP contribution in [0.15, 0.2) is 4.52 Å². The molecule has 0 N–H and O–H groups in total. The topological polar surface area (TPSA) is 48.2 Å². The first-order valence-electron chi connectivity index (χ1n) is 5.00. The summed E-state index contributed by atoms with van der Waals surface area (Å²) in [6.45, 7) is 5.91. The molecule has 0 aliphatic carbocycles. The lowest BCUT2D eigenvalue weighted by atomic mass is 10.1. The monoisotopic (exact) mass is 232 g/mol. The zero-order chi connectivity index (χ0) is 11.5. The molecule has 0 radical (unpaired) electrons. The van der Waals surface area contributed by atoms with Crippen molar-refractivity contribution in [1.29, 1.82) is 0 Å². The number of nitrogens with zero attached hydrogens (tertiary/aromatic N) is 2. The molecule has 0 fully saturated rings. The Kier molecular flexibility index (Phi) is 4.11. The lowest BCUT2D eigenvalue weighted by molar-refractivity contribution is 0.0170. The Morgan fingerprint density at radius 2 is 2.20 bits per heavy atom. The third kappa shape index (κ3) is 3.47. The van der Waals surface area contributed by atoms with Gasteiger partial charge in [-0.2, -0.15) is 4.98 Å². The van der Waals surface area contributed by atoms with Crippen molar-refractivity contribution < 1.29 is 9.26 Å². The molecule has 1 atom stereocenters. The van der Waals surface area contributed by atoms with Gasteiger partial charge in [0.05, 0.1) is 17.4 Å². The molecule has 4 nitrogen and oxygen atoms in total. The second-order valence-corrected chi connectivity index (χ2v) is 4.59. The lowest BCUT2D eigenvalue weighted by Crippen LogP contribution is -2.25. The van der Waals surface area contributed by atoms with Gasteiger partial charge in [0.1, 0.15) is 0 Å². The Balaban J connectivity index is 2.68. The first-order valence-corrected chi connectivity index (χ1v) is 5.44. The molecule has 86 valence electrons. The summed E-state index contributed by atoms with van der Waals surface area (Å²) in [5.74, 6) is 1.12. The fourth-order valence-electron chi connectivity index (χ4n) is 1.09. The molecular formula is C10H17ClN2O2. The zero-order valence-corrected chi connectivity index (χ0v) is 10.3. The number of methoxy groups -OCH3 is 1. The van der Waals surface area contributed by atoms with Gasteiger partial charge in [-0.25, -0.2) is 0 Å². The molecule has 0 bridgehead atoms. The average Bonchev–Trinajstić information content (AvgIpc) is 2.64. The van der Waals surface area contributed by atoms with E-state index in [4.69, 9.17) is 20.9 Å². The smallest absolute Gasteiger partial charge is 0.229 e. The Bertz CT molecular complexity index is 312. The maximum atomic E-state index is 5.99. The fourth-order valence-corrected chi connectivity index (χ4v) is 1.17. The average molecular weight is 233 g/mol. The highest BCUT2D eigenvalue weighted by Gasteiger charge is 2.22. The molecule has 1 aromatic rings. The van der Waals surface area contributed by atoms with E-state index in [1.807, 2.05) is 20.8 Å². The van der Waals surface area contributed by atoms with Crippen LogP contribution in [0, 0.1) is 0 Å². The highest BCUT2D eigenvalue weighted by atomic mass is 35.5. The first-order chi connectivity index (χ1) is 6.98. The Labute approximate surface area is 95.0 Å². The van der Waals surface area contributed by atoms with E-state index >= 15 is 0 Å². The Morgan fingerprint density at radius 3 is 2.73 bits per heavy atom. The third-order valence-corrected chi connectivity index (χ3v) is 2.76. The van der Waals surface area contributed by atoms with E-state index in [1.165, 1.54) is 0 Å². The van der Waals surface area contributed by atoms with Crippen LogP contribution in [-0.4, -0.2) is 22.9 Å². The molecule has 0 amide bonds. The quantitative estimate of drug-likeness (QED) is 0.733. The van der Waals surface area contributed by atoms with Crippen LogP contribution < -0.4 is 0 Å². The first kappa shape index (κ1) is 12.5. The van der Waals surface area contributed by atoms with E-state index < -0.39 is 0 Å². The minimum absolute atomic E-state index is 0.173. The van der Waals surface area contributed by atoms with Gasteiger partial charge in [0.2, 0.25) is 5.89 Å². The molecule has 0 saturated carbocycles. The van der Waals surface area contributed by atoms with E-state index in [0.717, 1.165) is 6.42 Å². The highest BCUT2D eigenvalue weighted by Crippen LogP contribution is 2.22. The van der Waals surface area contributed by atoms with Gasteiger partial charge in [0.25, 0.3) is 0 Å². The summed E-state index contributed by atoms with van der Waals surface area (Å²) in [5.41, 5.74) is -0.294. The van der Waals surface area contributed by atoms with Crippen LogP contribution in [0.4, 0.5) is 0 Å². The molecule has 0 aromatic carbocycles. The van der Waals surface area contributed by atoms with Crippen LogP contribution in [0.2, 0.25) is 0 Å². The molecular weight excluding hydrogens is 216 g/mol. The number of aromatic nitrogens is 2. The molecule has 1 aromatic heterocycles. The van der Waals surface area contributed by atoms with Gasteiger partial charge in [0, 0.05) is 7.11 Å². The lowest BCUT2D eigenvalue weighted by Gasteiger charge is -2.19. The minimum Gasteiger partial charge on any atom is -0.378 e. The van der Waals surface area contributed by atoms with E-state index in [-0.39, 0.29) is 11.0 Å². The molecule has 1 heterocycles. The molecule has 15 heavy (non-hydrogen) atoms.